The van der Waals surface area contributed by atoms with Gasteiger partial charge in [-0.2, -0.15) is 13.2 Å². The molecule has 0 bridgehead atoms. The average Bonchev–Trinajstić information content (AvgIpc) is 3.16. The number of aromatic nitrogens is 2. The lowest BCUT2D eigenvalue weighted by Crippen LogP contribution is -2.56. The number of nitrogens with zero attached hydrogens (tertiary/aromatic N) is 4. The maximum atomic E-state index is 13.1. The van der Waals surface area contributed by atoms with Crippen LogP contribution in [-0.4, -0.2) is 45.2 Å². The number of hydrogen-bond donors (Lipinski definition) is 0. The van der Waals surface area contributed by atoms with E-state index in [4.69, 9.17) is 11.6 Å². The molecule has 3 rings (SSSR count). The van der Waals surface area contributed by atoms with Gasteiger partial charge in [0.1, 0.15) is 5.82 Å². The van der Waals surface area contributed by atoms with Crippen molar-refractivity contribution >= 4 is 17.5 Å². The highest BCUT2D eigenvalue weighted by Gasteiger charge is 2.60. The molecule has 6 nitrogen and oxygen atoms in total. The molecule has 0 unspecified atom stereocenters. The number of carbonyl (C=O) groups is 1. The lowest BCUT2D eigenvalue weighted by molar-refractivity contribution is -0.194. The summed E-state index contributed by atoms with van der Waals surface area (Å²) in [5.74, 6) is -0.590. The molecule has 1 saturated heterocycles. The summed E-state index contributed by atoms with van der Waals surface area (Å²) in [7, 11) is 0. The zero-order valence-corrected chi connectivity index (χ0v) is 15.7. The van der Waals surface area contributed by atoms with Crippen molar-refractivity contribution in [2.45, 2.75) is 37.5 Å². The Labute approximate surface area is 164 Å². The van der Waals surface area contributed by atoms with Crippen molar-refractivity contribution in [1.29, 1.82) is 0 Å². The molecule has 0 spiro atoms. The van der Waals surface area contributed by atoms with Crippen molar-refractivity contribution in [2.24, 2.45) is 5.18 Å². The predicted molar refractivity (Wildman–Crippen MR) is 97.8 cm³/mol. The number of rotatable bonds is 4. The fourth-order valence-corrected chi connectivity index (χ4v) is 3.42. The van der Waals surface area contributed by atoms with Crippen LogP contribution in [0.5, 0.6) is 0 Å². The summed E-state index contributed by atoms with van der Waals surface area (Å²) in [6.45, 7) is 0.717. The largest absolute Gasteiger partial charge is 0.425 e. The van der Waals surface area contributed by atoms with Crippen LogP contribution in [0.4, 0.5) is 13.2 Å². The number of alkyl halides is 3. The van der Waals surface area contributed by atoms with E-state index in [-0.39, 0.29) is 19.1 Å². The second-order valence-electron chi connectivity index (χ2n) is 6.85. The van der Waals surface area contributed by atoms with E-state index in [0.717, 1.165) is 16.3 Å². The molecule has 1 aliphatic rings. The van der Waals surface area contributed by atoms with E-state index >= 15 is 0 Å². The summed E-state index contributed by atoms with van der Waals surface area (Å²) in [5.41, 5.74) is -2.40. The van der Waals surface area contributed by atoms with Gasteiger partial charge in [0.05, 0.1) is 0 Å². The fourth-order valence-electron chi connectivity index (χ4n) is 3.30. The highest BCUT2D eigenvalue weighted by atomic mass is 35.5. The molecular formula is C18H18ClF3N4O2. The number of amides is 1. The van der Waals surface area contributed by atoms with Crippen molar-refractivity contribution in [2.75, 3.05) is 13.1 Å². The number of halogens is 4. The molecule has 1 atom stereocenters. The zero-order valence-electron chi connectivity index (χ0n) is 15.0. The number of nitroso groups, excluding NO2 is 1. The van der Waals surface area contributed by atoms with Crippen LogP contribution in [-0.2, 0) is 4.79 Å². The maximum Gasteiger partial charge on any atom is 0.425 e. The van der Waals surface area contributed by atoms with Gasteiger partial charge in [-0.15, -0.1) is 4.91 Å². The van der Waals surface area contributed by atoms with E-state index in [1.165, 1.54) is 0 Å². The number of likely N-dealkylation sites (tertiary alicyclic amines) is 1. The number of hydrogen-bond acceptors (Lipinski definition) is 4. The van der Waals surface area contributed by atoms with E-state index in [0.29, 0.717) is 24.8 Å². The summed E-state index contributed by atoms with van der Waals surface area (Å²) < 4.78 is 41.3. The standard InChI is InChI=1S/C18H18ClF3N4O2/c1-17(24-28,18(20,21)22)16(27)25-9-6-14(7-10-25)26-11-8-23-15(26)12-2-4-13(19)5-3-12/h2-5,8,11,14H,6-7,9-10H2,1H3/t17-/m1/s1. The Hall–Kier alpha value is -2.42. The summed E-state index contributed by atoms with van der Waals surface area (Å²) >= 11 is 5.91. The van der Waals surface area contributed by atoms with Crippen molar-refractivity contribution in [1.82, 2.24) is 14.5 Å². The second-order valence-corrected chi connectivity index (χ2v) is 7.29. The van der Waals surface area contributed by atoms with Crippen molar-refractivity contribution in [3.05, 3.63) is 46.6 Å². The number of imidazole rings is 1. The molecule has 1 fully saturated rings. The van der Waals surface area contributed by atoms with Crippen LogP contribution in [0.25, 0.3) is 11.4 Å². The minimum atomic E-state index is -5.03. The normalized spacial score (nSPS) is 18.0. The first-order valence-corrected chi connectivity index (χ1v) is 9.04. The van der Waals surface area contributed by atoms with Crippen molar-refractivity contribution < 1.29 is 18.0 Å². The minimum absolute atomic E-state index is 0.0291. The molecule has 1 aliphatic heterocycles. The van der Waals surface area contributed by atoms with Crippen LogP contribution in [0.1, 0.15) is 25.8 Å². The molecule has 0 radical (unpaired) electrons. The van der Waals surface area contributed by atoms with E-state index in [2.05, 4.69) is 10.2 Å². The highest BCUT2D eigenvalue weighted by Crippen LogP contribution is 2.37. The molecule has 1 aromatic carbocycles. The van der Waals surface area contributed by atoms with Gasteiger partial charge in [-0.1, -0.05) is 11.6 Å². The lowest BCUT2D eigenvalue weighted by atomic mass is 9.97. The molecule has 2 heterocycles. The van der Waals surface area contributed by atoms with Gasteiger partial charge in [-0.25, -0.2) is 4.98 Å². The molecule has 2 aromatic rings. The van der Waals surface area contributed by atoms with Gasteiger partial charge in [0.2, 0.25) is 0 Å². The Balaban J connectivity index is 1.73. The first kappa shape index (κ1) is 20.3. The van der Waals surface area contributed by atoms with E-state index in [1.807, 2.05) is 16.7 Å². The molecular weight excluding hydrogens is 397 g/mol. The molecule has 0 saturated carbocycles. The van der Waals surface area contributed by atoms with Gasteiger partial charge in [-0.3, -0.25) is 4.79 Å². The van der Waals surface area contributed by atoms with Crippen LogP contribution in [0.15, 0.2) is 41.8 Å². The fraction of sp³-hybridized carbons (Fsp3) is 0.444. The molecule has 1 aromatic heterocycles. The summed E-state index contributed by atoms with van der Waals surface area (Å²) in [6, 6.07) is 7.15. The summed E-state index contributed by atoms with van der Waals surface area (Å²) in [4.78, 5) is 28.5. The van der Waals surface area contributed by atoms with Crippen LogP contribution in [0.2, 0.25) is 5.02 Å². The molecule has 10 heteroatoms. The van der Waals surface area contributed by atoms with Gasteiger partial charge in [-0.05, 0) is 49.2 Å². The SMILES string of the molecule is C[C@@](N=O)(C(=O)N1CCC(n2ccnc2-c2ccc(Cl)cc2)CC1)C(F)(F)F. The average molecular weight is 415 g/mol. The first-order valence-electron chi connectivity index (χ1n) is 8.67. The van der Waals surface area contributed by atoms with E-state index in [9.17, 15) is 22.9 Å². The van der Waals surface area contributed by atoms with Crippen molar-refractivity contribution in [3.8, 4) is 11.4 Å². The van der Waals surface area contributed by atoms with E-state index < -0.39 is 17.6 Å². The quantitative estimate of drug-likeness (QED) is 0.694. The molecule has 28 heavy (non-hydrogen) atoms. The van der Waals surface area contributed by atoms with Gasteiger partial charge >= 0.3 is 6.18 Å². The Kier molecular flexibility index (Phi) is 5.47. The molecule has 150 valence electrons. The van der Waals surface area contributed by atoms with Gasteiger partial charge in [0, 0.05) is 42.1 Å². The van der Waals surface area contributed by atoms with Crippen LogP contribution >= 0.6 is 11.6 Å². The highest BCUT2D eigenvalue weighted by molar-refractivity contribution is 6.30. The van der Waals surface area contributed by atoms with Gasteiger partial charge in [0.15, 0.2) is 0 Å². The Morgan fingerprint density at radius 1 is 1.21 bits per heavy atom. The van der Waals surface area contributed by atoms with Crippen molar-refractivity contribution in [3.63, 3.8) is 0 Å². The number of carbonyl (C=O) groups excluding carboxylic acids is 1. The monoisotopic (exact) mass is 414 g/mol. The first-order chi connectivity index (χ1) is 13.2. The Bertz CT molecular complexity index is 860. The molecule has 0 aliphatic carbocycles. The number of piperidine rings is 1. The third-order valence-corrected chi connectivity index (χ3v) is 5.32. The second kappa shape index (κ2) is 7.54. The maximum absolute atomic E-state index is 13.1. The number of benzene rings is 1. The van der Waals surface area contributed by atoms with Crippen LogP contribution < -0.4 is 0 Å². The Morgan fingerprint density at radius 2 is 1.82 bits per heavy atom. The molecule has 0 N–H and O–H groups in total. The van der Waals surface area contributed by atoms with Gasteiger partial charge in [0.25, 0.3) is 11.4 Å². The smallest absolute Gasteiger partial charge is 0.340 e. The predicted octanol–water partition coefficient (Wildman–Crippen LogP) is 4.45. The lowest BCUT2D eigenvalue weighted by Gasteiger charge is -2.36. The summed E-state index contributed by atoms with van der Waals surface area (Å²) in [6.07, 6.45) is -0.697. The Morgan fingerprint density at radius 3 is 2.36 bits per heavy atom. The zero-order chi connectivity index (χ0) is 20.5. The van der Waals surface area contributed by atoms with E-state index in [1.54, 1.807) is 24.5 Å². The molecule has 1 amide bonds. The van der Waals surface area contributed by atoms with Gasteiger partial charge < -0.3 is 9.47 Å². The topological polar surface area (TPSA) is 67.6 Å². The van der Waals surface area contributed by atoms with Crippen LogP contribution in [0, 0.1) is 4.91 Å². The third-order valence-electron chi connectivity index (χ3n) is 5.07. The van der Waals surface area contributed by atoms with Crippen LogP contribution in [0.3, 0.4) is 0 Å². The third kappa shape index (κ3) is 3.63. The minimum Gasteiger partial charge on any atom is -0.340 e. The summed E-state index contributed by atoms with van der Waals surface area (Å²) in [5, 5.41) is 2.71.